The smallest absolute Gasteiger partial charge is 0.339 e. The van der Waals surface area contributed by atoms with Crippen LogP contribution in [-0.4, -0.2) is 47.7 Å². The lowest BCUT2D eigenvalue weighted by Crippen LogP contribution is -2.38. The molecule has 3 rings (SSSR count). The van der Waals surface area contributed by atoms with E-state index in [9.17, 15) is 18.0 Å². The topological polar surface area (TPSA) is 111 Å². The minimum atomic E-state index is -4.19. The van der Waals surface area contributed by atoms with Gasteiger partial charge in [-0.2, -0.15) is 0 Å². The van der Waals surface area contributed by atoms with Crippen molar-refractivity contribution in [3.05, 3.63) is 76.8 Å². The number of hydrogen-bond donors (Lipinski definition) is 1. The number of nitrogens with zero attached hydrogens (tertiary/aromatic N) is 1. The monoisotopic (exact) mass is 546 g/mol. The second kappa shape index (κ2) is 12.0. The first-order chi connectivity index (χ1) is 17.6. The van der Waals surface area contributed by atoms with Crippen molar-refractivity contribution in [2.75, 3.05) is 37.0 Å². The number of amides is 1. The quantitative estimate of drug-likeness (QED) is 0.368. The predicted octanol–water partition coefficient (Wildman–Crippen LogP) is 4.68. The Labute approximate surface area is 221 Å². The first-order valence-electron chi connectivity index (χ1n) is 11.2. The zero-order valence-electron chi connectivity index (χ0n) is 20.8. The molecule has 3 aromatic rings. The highest BCUT2D eigenvalue weighted by molar-refractivity contribution is 7.92. The van der Waals surface area contributed by atoms with E-state index in [1.807, 2.05) is 6.92 Å². The Bertz CT molecular complexity index is 1390. The number of nitrogens with one attached hydrogen (secondary N) is 1. The molecular weight excluding hydrogens is 520 g/mol. The Morgan fingerprint density at radius 1 is 0.946 bits per heavy atom. The molecule has 1 N–H and O–H groups in total. The molecule has 0 atom stereocenters. The first-order valence-corrected chi connectivity index (χ1v) is 13.0. The normalized spacial score (nSPS) is 10.9. The van der Waals surface area contributed by atoms with E-state index in [1.54, 1.807) is 31.2 Å². The van der Waals surface area contributed by atoms with E-state index in [2.05, 4.69) is 5.32 Å². The number of ether oxygens (including phenoxy) is 3. The second-order valence-electron chi connectivity index (χ2n) is 7.83. The molecule has 11 heteroatoms. The number of aryl methyl sites for hydroxylation is 1. The molecule has 0 aliphatic heterocycles. The fourth-order valence-corrected chi connectivity index (χ4v) is 5.12. The molecule has 1 amide bonds. The van der Waals surface area contributed by atoms with Gasteiger partial charge in [-0.25, -0.2) is 13.2 Å². The average Bonchev–Trinajstić information content (AvgIpc) is 2.87. The number of rotatable bonds is 10. The van der Waals surface area contributed by atoms with E-state index in [4.69, 9.17) is 25.8 Å². The fourth-order valence-electron chi connectivity index (χ4n) is 3.43. The van der Waals surface area contributed by atoms with Gasteiger partial charge in [-0.05, 0) is 56.3 Å². The summed E-state index contributed by atoms with van der Waals surface area (Å²) in [5, 5.41) is 2.72. The number of anilines is 2. The van der Waals surface area contributed by atoms with E-state index < -0.39 is 28.4 Å². The number of sulfonamides is 1. The molecule has 0 spiro atoms. The third kappa shape index (κ3) is 6.52. The van der Waals surface area contributed by atoms with Gasteiger partial charge in [-0.3, -0.25) is 9.10 Å². The van der Waals surface area contributed by atoms with Crippen LogP contribution in [0.15, 0.2) is 65.6 Å². The van der Waals surface area contributed by atoms with Crippen molar-refractivity contribution < 1.29 is 32.2 Å². The molecule has 0 aliphatic carbocycles. The molecule has 37 heavy (non-hydrogen) atoms. The Morgan fingerprint density at radius 3 is 2.22 bits per heavy atom. The summed E-state index contributed by atoms with van der Waals surface area (Å²) >= 11 is 6.19. The summed E-state index contributed by atoms with van der Waals surface area (Å²) in [6.45, 7) is 3.21. The van der Waals surface area contributed by atoms with Gasteiger partial charge in [-0.1, -0.05) is 29.3 Å². The number of carbonyl (C=O) groups excluding carboxylic acids is 2. The Hall–Kier alpha value is -3.76. The van der Waals surface area contributed by atoms with Crippen LogP contribution < -0.4 is 19.1 Å². The SMILES string of the molecule is CCOC(=O)c1ccc(NC(=O)CN(c2ccc(C)cc2)S(=O)(=O)c2ccc(OC)c(OC)c2)cc1Cl. The Balaban J connectivity index is 1.92. The molecule has 0 heterocycles. The van der Waals surface area contributed by atoms with Gasteiger partial charge < -0.3 is 19.5 Å². The van der Waals surface area contributed by atoms with Crippen molar-refractivity contribution >= 4 is 44.9 Å². The van der Waals surface area contributed by atoms with Gasteiger partial charge in [0.25, 0.3) is 10.0 Å². The standard InChI is InChI=1S/C26H27ClN2O7S/c1-5-36-26(31)21-12-8-18(14-22(21)27)28-25(30)16-29(19-9-6-17(2)7-10-19)37(32,33)20-11-13-23(34-3)24(15-20)35-4/h6-15H,5,16H2,1-4H3,(H,28,30). The van der Waals surface area contributed by atoms with Crippen molar-refractivity contribution in [3.63, 3.8) is 0 Å². The van der Waals surface area contributed by atoms with E-state index >= 15 is 0 Å². The molecular formula is C26H27ClN2O7S. The largest absolute Gasteiger partial charge is 0.493 e. The summed E-state index contributed by atoms with van der Waals surface area (Å²) < 4.78 is 43.8. The fraction of sp³-hybridized carbons (Fsp3) is 0.231. The van der Waals surface area contributed by atoms with Crippen LogP contribution in [0.4, 0.5) is 11.4 Å². The maximum atomic E-state index is 13.7. The number of hydrogen-bond acceptors (Lipinski definition) is 7. The Morgan fingerprint density at radius 2 is 1.62 bits per heavy atom. The molecule has 0 fully saturated rings. The lowest BCUT2D eigenvalue weighted by molar-refractivity contribution is -0.114. The van der Waals surface area contributed by atoms with Gasteiger partial charge in [0.05, 0.1) is 42.0 Å². The highest BCUT2D eigenvalue weighted by Gasteiger charge is 2.28. The van der Waals surface area contributed by atoms with Gasteiger partial charge >= 0.3 is 5.97 Å². The second-order valence-corrected chi connectivity index (χ2v) is 10.1. The zero-order chi connectivity index (χ0) is 27.2. The van der Waals surface area contributed by atoms with E-state index in [0.29, 0.717) is 11.4 Å². The van der Waals surface area contributed by atoms with E-state index in [1.165, 1.54) is 50.6 Å². The maximum absolute atomic E-state index is 13.7. The van der Waals surface area contributed by atoms with Crippen LogP contribution in [-0.2, 0) is 19.6 Å². The summed E-state index contributed by atoms with van der Waals surface area (Å²) in [7, 11) is -1.35. The summed E-state index contributed by atoms with van der Waals surface area (Å²) in [5.41, 5.74) is 1.66. The zero-order valence-corrected chi connectivity index (χ0v) is 22.4. The molecule has 0 radical (unpaired) electrons. The minimum absolute atomic E-state index is 0.0830. The van der Waals surface area contributed by atoms with Crippen molar-refractivity contribution in [1.29, 1.82) is 0 Å². The van der Waals surface area contributed by atoms with Crippen LogP contribution >= 0.6 is 11.6 Å². The van der Waals surface area contributed by atoms with Gasteiger partial charge in [0.2, 0.25) is 5.91 Å². The molecule has 9 nitrogen and oxygen atoms in total. The first kappa shape index (κ1) is 27.8. The molecule has 0 aromatic heterocycles. The van der Waals surface area contributed by atoms with Crippen LogP contribution in [0, 0.1) is 6.92 Å². The van der Waals surface area contributed by atoms with Crippen molar-refractivity contribution in [1.82, 2.24) is 0 Å². The molecule has 196 valence electrons. The van der Waals surface area contributed by atoms with Gasteiger partial charge in [0.15, 0.2) is 11.5 Å². The average molecular weight is 547 g/mol. The number of methoxy groups -OCH3 is 2. The van der Waals surface area contributed by atoms with Crippen molar-refractivity contribution in [3.8, 4) is 11.5 Å². The van der Waals surface area contributed by atoms with Crippen LogP contribution in [0.3, 0.4) is 0 Å². The van der Waals surface area contributed by atoms with Crippen LogP contribution in [0.2, 0.25) is 5.02 Å². The van der Waals surface area contributed by atoms with Gasteiger partial charge in [0.1, 0.15) is 6.54 Å². The lowest BCUT2D eigenvalue weighted by Gasteiger charge is -2.24. The van der Waals surface area contributed by atoms with E-state index in [0.717, 1.165) is 9.87 Å². The maximum Gasteiger partial charge on any atom is 0.339 e. The predicted molar refractivity (Wildman–Crippen MR) is 141 cm³/mol. The molecule has 0 saturated heterocycles. The number of carbonyl (C=O) groups is 2. The van der Waals surface area contributed by atoms with Crippen molar-refractivity contribution in [2.24, 2.45) is 0 Å². The van der Waals surface area contributed by atoms with Crippen LogP contribution in [0.1, 0.15) is 22.8 Å². The Kier molecular flexibility index (Phi) is 9.01. The molecule has 3 aromatic carbocycles. The summed E-state index contributed by atoms with van der Waals surface area (Å²) in [5.74, 6) is -0.612. The highest BCUT2D eigenvalue weighted by Crippen LogP contribution is 2.32. The van der Waals surface area contributed by atoms with Crippen LogP contribution in [0.5, 0.6) is 11.5 Å². The third-order valence-electron chi connectivity index (χ3n) is 5.30. The molecule has 0 bridgehead atoms. The molecule has 0 saturated carbocycles. The van der Waals surface area contributed by atoms with Gasteiger partial charge in [0, 0.05) is 11.8 Å². The van der Waals surface area contributed by atoms with E-state index in [-0.39, 0.29) is 33.5 Å². The number of benzene rings is 3. The summed E-state index contributed by atoms with van der Waals surface area (Å²) in [6, 6.07) is 15.2. The molecule has 0 unspecified atom stereocenters. The third-order valence-corrected chi connectivity index (χ3v) is 7.38. The number of esters is 1. The van der Waals surface area contributed by atoms with Crippen LogP contribution in [0.25, 0.3) is 0 Å². The van der Waals surface area contributed by atoms with Crippen molar-refractivity contribution in [2.45, 2.75) is 18.7 Å². The van der Waals surface area contributed by atoms with Gasteiger partial charge in [-0.15, -0.1) is 0 Å². The minimum Gasteiger partial charge on any atom is -0.493 e. The summed E-state index contributed by atoms with van der Waals surface area (Å²) in [4.78, 5) is 24.9. The lowest BCUT2D eigenvalue weighted by atomic mass is 10.2. The summed E-state index contributed by atoms with van der Waals surface area (Å²) in [6.07, 6.45) is 0. The number of halogens is 1. The highest BCUT2D eigenvalue weighted by atomic mass is 35.5. The molecule has 0 aliphatic rings.